The largest absolute Gasteiger partial charge is 0.454 e. The molecule has 1 aromatic carbocycles. The first-order chi connectivity index (χ1) is 11.6. The SMILES string of the molecule is CCC1CC(=O)NC(SCC(=O)NCc2ccc3c(c2)OCO3)N1. The monoisotopic (exact) mass is 351 g/mol. The normalized spacial score (nSPS) is 22.1. The van der Waals surface area contributed by atoms with Gasteiger partial charge < -0.3 is 20.1 Å². The Kier molecular flexibility index (Phi) is 5.47. The van der Waals surface area contributed by atoms with Crippen LogP contribution in [0.25, 0.3) is 0 Å². The van der Waals surface area contributed by atoms with Crippen molar-refractivity contribution >= 4 is 23.6 Å². The Bertz CT molecular complexity index is 625. The molecule has 0 radical (unpaired) electrons. The fourth-order valence-corrected chi connectivity index (χ4v) is 3.48. The number of thioether (sulfide) groups is 1. The second-order valence-corrected chi connectivity index (χ2v) is 6.79. The molecule has 1 fully saturated rings. The van der Waals surface area contributed by atoms with Gasteiger partial charge in [0.25, 0.3) is 0 Å². The van der Waals surface area contributed by atoms with Gasteiger partial charge in [0.1, 0.15) is 5.50 Å². The summed E-state index contributed by atoms with van der Waals surface area (Å²) < 4.78 is 10.6. The van der Waals surface area contributed by atoms with Crippen molar-refractivity contribution in [2.75, 3.05) is 12.5 Å². The van der Waals surface area contributed by atoms with Crippen LogP contribution >= 0.6 is 11.8 Å². The Morgan fingerprint density at radius 3 is 3.04 bits per heavy atom. The van der Waals surface area contributed by atoms with Gasteiger partial charge in [0.15, 0.2) is 11.5 Å². The molecule has 130 valence electrons. The minimum Gasteiger partial charge on any atom is -0.454 e. The summed E-state index contributed by atoms with van der Waals surface area (Å²) in [6, 6.07) is 5.78. The summed E-state index contributed by atoms with van der Waals surface area (Å²) in [6.45, 7) is 2.70. The maximum Gasteiger partial charge on any atom is 0.231 e. The van der Waals surface area contributed by atoms with Gasteiger partial charge in [-0.1, -0.05) is 13.0 Å². The fourth-order valence-electron chi connectivity index (χ4n) is 2.56. The smallest absolute Gasteiger partial charge is 0.231 e. The Morgan fingerprint density at radius 2 is 2.21 bits per heavy atom. The van der Waals surface area contributed by atoms with Crippen molar-refractivity contribution in [1.82, 2.24) is 16.0 Å². The number of fused-ring (bicyclic) bond motifs is 1. The van der Waals surface area contributed by atoms with Crippen LogP contribution in [0.4, 0.5) is 0 Å². The van der Waals surface area contributed by atoms with Gasteiger partial charge in [0.05, 0.1) is 5.75 Å². The van der Waals surface area contributed by atoms with Gasteiger partial charge in [0, 0.05) is 19.0 Å². The van der Waals surface area contributed by atoms with E-state index in [0.717, 1.165) is 17.7 Å². The molecule has 0 saturated carbocycles. The van der Waals surface area contributed by atoms with Crippen LogP contribution in [-0.4, -0.2) is 35.9 Å². The molecule has 0 spiro atoms. The third-order valence-electron chi connectivity index (χ3n) is 3.91. The average Bonchev–Trinajstić information content (AvgIpc) is 3.05. The molecular formula is C16H21N3O4S. The Labute approximate surface area is 144 Å². The second-order valence-electron chi connectivity index (χ2n) is 5.70. The zero-order valence-electron chi connectivity index (χ0n) is 13.5. The van der Waals surface area contributed by atoms with Gasteiger partial charge in [-0.2, -0.15) is 0 Å². The minimum absolute atomic E-state index is 0.0267. The van der Waals surface area contributed by atoms with E-state index in [1.807, 2.05) is 25.1 Å². The van der Waals surface area contributed by atoms with Crippen LogP contribution in [0.3, 0.4) is 0 Å². The summed E-state index contributed by atoms with van der Waals surface area (Å²) in [4.78, 5) is 23.6. The summed E-state index contributed by atoms with van der Waals surface area (Å²) in [7, 11) is 0. The van der Waals surface area contributed by atoms with Crippen molar-refractivity contribution in [3.05, 3.63) is 23.8 Å². The molecule has 2 amide bonds. The molecule has 24 heavy (non-hydrogen) atoms. The molecule has 2 atom stereocenters. The molecule has 3 N–H and O–H groups in total. The lowest BCUT2D eigenvalue weighted by Gasteiger charge is -2.30. The lowest BCUT2D eigenvalue weighted by Crippen LogP contribution is -2.54. The maximum atomic E-state index is 12.0. The van der Waals surface area contributed by atoms with Crippen LogP contribution < -0.4 is 25.4 Å². The molecule has 7 nitrogen and oxygen atoms in total. The van der Waals surface area contributed by atoms with Gasteiger partial charge >= 0.3 is 0 Å². The number of carbonyl (C=O) groups is 2. The standard InChI is InChI=1S/C16H21N3O4S/c1-2-11-6-14(20)19-16(18-11)24-8-15(21)17-7-10-3-4-12-13(5-10)23-9-22-12/h3-5,11,16,18H,2,6-9H2,1H3,(H,17,21)(H,19,20). The van der Waals surface area contributed by atoms with Crippen LogP contribution in [0.5, 0.6) is 11.5 Å². The van der Waals surface area contributed by atoms with Gasteiger partial charge in [-0.05, 0) is 24.1 Å². The van der Waals surface area contributed by atoms with Crippen LogP contribution in [0.2, 0.25) is 0 Å². The maximum absolute atomic E-state index is 12.0. The quantitative estimate of drug-likeness (QED) is 0.707. The molecule has 0 aromatic heterocycles. The van der Waals surface area contributed by atoms with Crippen molar-refractivity contribution in [3.63, 3.8) is 0 Å². The molecule has 1 aromatic rings. The topological polar surface area (TPSA) is 88.7 Å². The molecule has 2 aliphatic rings. The van der Waals surface area contributed by atoms with E-state index in [9.17, 15) is 9.59 Å². The Balaban J connectivity index is 1.42. The number of benzene rings is 1. The highest BCUT2D eigenvalue weighted by atomic mass is 32.2. The number of amides is 2. The molecule has 0 aliphatic carbocycles. The van der Waals surface area contributed by atoms with E-state index in [0.29, 0.717) is 18.7 Å². The first kappa shape index (κ1) is 16.9. The lowest BCUT2D eigenvalue weighted by atomic mass is 10.1. The van der Waals surface area contributed by atoms with Gasteiger partial charge in [-0.3, -0.25) is 14.9 Å². The van der Waals surface area contributed by atoms with Gasteiger partial charge in [-0.15, -0.1) is 11.8 Å². The number of nitrogens with one attached hydrogen (secondary N) is 3. The zero-order chi connectivity index (χ0) is 16.9. The van der Waals surface area contributed by atoms with E-state index < -0.39 is 0 Å². The summed E-state index contributed by atoms with van der Waals surface area (Å²) in [5, 5.41) is 9.02. The van der Waals surface area contributed by atoms with Gasteiger partial charge in [0.2, 0.25) is 18.6 Å². The number of rotatable bonds is 6. The third-order valence-corrected chi connectivity index (χ3v) is 4.93. The predicted octanol–water partition coefficient (Wildman–Crippen LogP) is 0.936. The number of carbonyl (C=O) groups excluding carboxylic acids is 2. The summed E-state index contributed by atoms with van der Waals surface area (Å²) in [5.41, 5.74) is 0.736. The lowest BCUT2D eigenvalue weighted by molar-refractivity contribution is -0.123. The highest BCUT2D eigenvalue weighted by Gasteiger charge is 2.25. The predicted molar refractivity (Wildman–Crippen MR) is 90.6 cm³/mol. The number of hydrogen-bond donors (Lipinski definition) is 3. The van der Waals surface area contributed by atoms with Crippen molar-refractivity contribution in [2.45, 2.75) is 37.8 Å². The molecule has 3 rings (SSSR count). The molecular weight excluding hydrogens is 330 g/mol. The molecule has 1 saturated heterocycles. The van der Waals surface area contributed by atoms with Crippen LogP contribution in [0.1, 0.15) is 25.3 Å². The molecule has 0 bridgehead atoms. The van der Waals surface area contributed by atoms with Crippen LogP contribution in [0.15, 0.2) is 18.2 Å². The first-order valence-corrected chi connectivity index (χ1v) is 9.01. The average molecular weight is 351 g/mol. The Morgan fingerprint density at radius 1 is 1.38 bits per heavy atom. The van der Waals surface area contributed by atoms with Crippen molar-refractivity contribution in [1.29, 1.82) is 0 Å². The van der Waals surface area contributed by atoms with Crippen LogP contribution in [0, 0.1) is 0 Å². The van der Waals surface area contributed by atoms with Gasteiger partial charge in [-0.25, -0.2) is 0 Å². The molecule has 2 heterocycles. The summed E-state index contributed by atoms with van der Waals surface area (Å²) in [5.74, 6) is 1.66. The van der Waals surface area contributed by atoms with Crippen molar-refractivity contribution in [2.24, 2.45) is 0 Å². The first-order valence-electron chi connectivity index (χ1n) is 7.96. The molecule has 2 aliphatic heterocycles. The number of hydrogen-bond acceptors (Lipinski definition) is 6. The van der Waals surface area contributed by atoms with Crippen molar-refractivity contribution in [3.8, 4) is 11.5 Å². The number of ether oxygens (including phenoxy) is 2. The van der Waals surface area contributed by atoms with Crippen molar-refractivity contribution < 1.29 is 19.1 Å². The second kappa shape index (κ2) is 7.76. The molecule has 2 unspecified atom stereocenters. The van der Waals surface area contributed by atoms with E-state index in [2.05, 4.69) is 16.0 Å². The van der Waals surface area contributed by atoms with E-state index >= 15 is 0 Å². The third kappa shape index (κ3) is 4.33. The van der Waals surface area contributed by atoms with E-state index in [1.165, 1.54) is 11.8 Å². The minimum atomic E-state index is -0.215. The van der Waals surface area contributed by atoms with E-state index in [-0.39, 0.29) is 35.9 Å². The van der Waals surface area contributed by atoms with Crippen LogP contribution in [-0.2, 0) is 16.1 Å². The Hall–Kier alpha value is -1.93. The summed E-state index contributed by atoms with van der Waals surface area (Å²) >= 11 is 1.38. The summed E-state index contributed by atoms with van der Waals surface area (Å²) in [6.07, 6.45) is 1.38. The fraction of sp³-hybridized carbons (Fsp3) is 0.500. The van der Waals surface area contributed by atoms with E-state index in [1.54, 1.807) is 0 Å². The molecule has 8 heteroatoms. The zero-order valence-corrected chi connectivity index (χ0v) is 14.3. The highest BCUT2D eigenvalue weighted by molar-refractivity contribution is 8.00. The highest BCUT2D eigenvalue weighted by Crippen LogP contribution is 2.32. The van der Waals surface area contributed by atoms with E-state index in [4.69, 9.17) is 9.47 Å².